The molecule has 1 aromatic carbocycles. The first kappa shape index (κ1) is 17.3. The fourth-order valence-corrected chi connectivity index (χ4v) is 2.41. The Bertz CT molecular complexity index is 864. The van der Waals surface area contributed by atoms with Crippen molar-refractivity contribution in [3.63, 3.8) is 0 Å². The average Bonchev–Trinajstić information content (AvgIpc) is 3.11. The van der Waals surface area contributed by atoms with Crippen molar-refractivity contribution < 1.29 is 4.42 Å². The van der Waals surface area contributed by atoms with Gasteiger partial charge in [-0.3, -0.25) is 5.43 Å². The molecule has 0 aliphatic rings. The summed E-state index contributed by atoms with van der Waals surface area (Å²) in [6.45, 7) is 6.21. The van der Waals surface area contributed by atoms with Crippen molar-refractivity contribution in [1.82, 2.24) is 9.97 Å². The molecule has 0 aliphatic carbocycles. The maximum atomic E-state index is 5.83. The molecule has 1 N–H and O–H groups in total. The quantitative estimate of drug-likeness (QED) is 0.421. The van der Waals surface area contributed by atoms with Crippen LogP contribution in [0.15, 0.2) is 64.4 Å². The van der Waals surface area contributed by atoms with E-state index in [0.29, 0.717) is 17.5 Å². The van der Waals surface area contributed by atoms with Crippen LogP contribution in [-0.4, -0.2) is 15.4 Å². The summed E-state index contributed by atoms with van der Waals surface area (Å²) >= 11 is 0. The van der Waals surface area contributed by atoms with Crippen LogP contribution in [0.2, 0.25) is 0 Å². The zero-order valence-electron chi connectivity index (χ0n) is 14.5. The minimum Gasteiger partial charge on any atom is -0.440 e. The van der Waals surface area contributed by atoms with Gasteiger partial charge in [-0.25, -0.2) is 9.97 Å². The van der Waals surface area contributed by atoms with E-state index in [-0.39, 0.29) is 5.41 Å². The summed E-state index contributed by atoms with van der Waals surface area (Å²) in [6, 6.07) is 13.7. The molecule has 0 radical (unpaired) electrons. The number of anilines is 1. The number of hydrogen-bond donors (Lipinski definition) is 1. The van der Waals surface area contributed by atoms with E-state index in [0.717, 1.165) is 16.6 Å². The minimum absolute atomic E-state index is 0.117. The highest BCUT2D eigenvalue weighted by Gasteiger charge is 2.20. The number of nitrogens with one attached hydrogen (secondary N) is 1. The van der Waals surface area contributed by atoms with E-state index in [1.165, 1.54) is 0 Å². The number of hydrazone groups is 1. The summed E-state index contributed by atoms with van der Waals surface area (Å²) in [5, 5.41) is 4.33. The van der Waals surface area contributed by atoms with Gasteiger partial charge in [0.15, 0.2) is 11.7 Å². The van der Waals surface area contributed by atoms with Crippen molar-refractivity contribution in [2.24, 2.45) is 5.10 Å². The van der Waals surface area contributed by atoms with Crippen LogP contribution in [-0.2, 0) is 5.41 Å². The first-order valence-corrected chi connectivity index (χ1v) is 8.58. The topological polar surface area (TPSA) is 63.3 Å². The lowest BCUT2D eigenvalue weighted by atomic mass is 9.97. The average molecular weight is 352 g/mol. The summed E-state index contributed by atoms with van der Waals surface area (Å²) in [7, 11) is 2.62. The molecule has 0 amide bonds. The Labute approximate surface area is 149 Å². The predicted octanol–water partition coefficient (Wildman–Crippen LogP) is 4.68. The van der Waals surface area contributed by atoms with Crippen molar-refractivity contribution in [2.75, 3.05) is 5.43 Å². The Hall–Kier alpha value is -2.52. The van der Waals surface area contributed by atoms with Gasteiger partial charge in [0.1, 0.15) is 5.82 Å². The molecule has 0 spiro atoms. The van der Waals surface area contributed by atoms with Gasteiger partial charge in [-0.1, -0.05) is 60.3 Å². The Balaban J connectivity index is 1.71. The standard InChI is InChI=1S/C19H21N4OP/c1-19(2,3)18-21-12-15(24-18)14-9-10-16(20-11-14)22-23-17(25)13-7-5-4-6-8-13/h4-12H,25H2,1-3H3,(H,20,22)/b23-17+. The highest BCUT2D eigenvalue weighted by atomic mass is 31.0. The van der Waals surface area contributed by atoms with E-state index >= 15 is 0 Å². The first-order valence-electron chi connectivity index (χ1n) is 8.01. The zero-order chi connectivity index (χ0) is 17.9. The summed E-state index contributed by atoms with van der Waals surface area (Å²) in [4.78, 5) is 8.72. The summed E-state index contributed by atoms with van der Waals surface area (Å²) in [6.07, 6.45) is 3.48. The van der Waals surface area contributed by atoms with Crippen molar-refractivity contribution in [3.8, 4) is 11.3 Å². The Morgan fingerprint density at radius 2 is 1.80 bits per heavy atom. The van der Waals surface area contributed by atoms with E-state index in [1.54, 1.807) is 12.4 Å². The molecule has 1 unspecified atom stereocenters. The SMILES string of the molecule is CC(C)(C)c1ncc(-c2ccc(N/N=C(/P)c3ccccc3)nc2)o1. The predicted molar refractivity (Wildman–Crippen MR) is 105 cm³/mol. The number of benzene rings is 1. The molecule has 0 fully saturated rings. The summed E-state index contributed by atoms with van der Waals surface area (Å²) in [5.74, 6) is 2.09. The molecule has 0 saturated carbocycles. The molecule has 0 aliphatic heterocycles. The van der Waals surface area contributed by atoms with Crippen LogP contribution in [0.1, 0.15) is 32.2 Å². The first-order chi connectivity index (χ1) is 11.9. The van der Waals surface area contributed by atoms with Crippen LogP contribution < -0.4 is 5.43 Å². The molecule has 3 aromatic rings. The van der Waals surface area contributed by atoms with Crippen LogP contribution in [0, 0.1) is 0 Å². The number of nitrogens with zero attached hydrogens (tertiary/aromatic N) is 3. The molecule has 1 atom stereocenters. The minimum atomic E-state index is -0.117. The molecule has 0 bridgehead atoms. The molecule has 2 heterocycles. The highest BCUT2D eigenvalue weighted by Crippen LogP contribution is 2.27. The normalized spacial score (nSPS) is 12.2. The van der Waals surface area contributed by atoms with Crippen LogP contribution in [0.25, 0.3) is 11.3 Å². The third-order valence-corrected chi connectivity index (χ3v) is 4.02. The lowest BCUT2D eigenvalue weighted by molar-refractivity contribution is 0.399. The van der Waals surface area contributed by atoms with Crippen LogP contribution >= 0.6 is 9.24 Å². The number of aromatic nitrogens is 2. The molecule has 0 saturated heterocycles. The van der Waals surface area contributed by atoms with Gasteiger partial charge in [-0.15, -0.1) is 0 Å². The molecule has 3 rings (SSSR count). The smallest absolute Gasteiger partial charge is 0.200 e. The zero-order valence-corrected chi connectivity index (χ0v) is 15.7. The summed E-state index contributed by atoms with van der Waals surface area (Å²) < 4.78 is 5.83. The maximum Gasteiger partial charge on any atom is 0.200 e. The maximum absolute atomic E-state index is 5.83. The van der Waals surface area contributed by atoms with Gasteiger partial charge >= 0.3 is 0 Å². The number of oxazole rings is 1. The number of hydrogen-bond acceptors (Lipinski definition) is 5. The Morgan fingerprint density at radius 3 is 2.40 bits per heavy atom. The van der Waals surface area contributed by atoms with E-state index < -0.39 is 0 Å². The molecule has 2 aromatic heterocycles. The van der Waals surface area contributed by atoms with Gasteiger partial charge in [-0.2, -0.15) is 5.10 Å². The second-order valence-electron chi connectivity index (χ2n) is 6.69. The molecular formula is C19H21N4OP. The Kier molecular flexibility index (Phi) is 4.95. The van der Waals surface area contributed by atoms with Crippen molar-refractivity contribution in [3.05, 3.63) is 66.3 Å². The van der Waals surface area contributed by atoms with E-state index in [9.17, 15) is 0 Å². The lowest BCUT2D eigenvalue weighted by Crippen LogP contribution is -2.10. The molecular weight excluding hydrogens is 331 g/mol. The second kappa shape index (κ2) is 7.16. The van der Waals surface area contributed by atoms with Gasteiger partial charge in [-0.05, 0) is 12.1 Å². The third kappa shape index (κ3) is 4.31. The molecule has 128 valence electrons. The molecule has 5 nitrogen and oxygen atoms in total. The Morgan fingerprint density at radius 1 is 1.04 bits per heavy atom. The number of rotatable bonds is 4. The lowest BCUT2D eigenvalue weighted by Gasteiger charge is -2.12. The molecule has 25 heavy (non-hydrogen) atoms. The largest absolute Gasteiger partial charge is 0.440 e. The van der Waals surface area contributed by atoms with E-state index in [4.69, 9.17) is 4.42 Å². The summed E-state index contributed by atoms with van der Waals surface area (Å²) in [5.41, 5.74) is 5.58. The van der Waals surface area contributed by atoms with Gasteiger partial charge in [0.25, 0.3) is 0 Å². The van der Waals surface area contributed by atoms with Crippen molar-refractivity contribution in [2.45, 2.75) is 26.2 Å². The fraction of sp³-hybridized carbons (Fsp3) is 0.211. The fourth-order valence-electron chi connectivity index (χ4n) is 2.15. The van der Waals surface area contributed by atoms with Crippen molar-refractivity contribution >= 4 is 20.5 Å². The van der Waals surface area contributed by atoms with Crippen molar-refractivity contribution in [1.29, 1.82) is 0 Å². The van der Waals surface area contributed by atoms with Gasteiger partial charge < -0.3 is 4.42 Å². The van der Waals surface area contributed by atoms with E-state index in [1.807, 2.05) is 42.5 Å². The molecule has 6 heteroatoms. The van der Waals surface area contributed by atoms with Gasteiger partial charge in [0, 0.05) is 22.7 Å². The monoisotopic (exact) mass is 352 g/mol. The van der Waals surface area contributed by atoms with Gasteiger partial charge in [0.2, 0.25) is 0 Å². The number of pyridine rings is 1. The van der Waals surface area contributed by atoms with Gasteiger partial charge in [0.05, 0.1) is 11.6 Å². The highest BCUT2D eigenvalue weighted by molar-refractivity contribution is 7.42. The second-order valence-corrected chi connectivity index (χ2v) is 7.23. The van der Waals surface area contributed by atoms with E-state index in [2.05, 4.69) is 50.5 Å². The van der Waals surface area contributed by atoms with Crippen LogP contribution in [0.5, 0.6) is 0 Å². The van der Waals surface area contributed by atoms with Crippen LogP contribution in [0.3, 0.4) is 0 Å². The third-order valence-electron chi connectivity index (χ3n) is 3.56. The van der Waals surface area contributed by atoms with Crippen LogP contribution in [0.4, 0.5) is 5.82 Å².